The van der Waals surface area contributed by atoms with Crippen molar-refractivity contribution >= 4 is 28.6 Å². The molecule has 0 amide bonds. The van der Waals surface area contributed by atoms with Crippen LogP contribution < -0.4 is 4.74 Å². The number of hydrogen-bond acceptors (Lipinski definition) is 6. The van der Waals surface area contributed by atoms with Crippen molar-refractivity contribution in [2.75, 3.05) is 6.61 Å². The highest BCUT2D eigenvalue weighted by Gasteiger charge is 2.18. The van der Waals surface area contributed by atoms with Gasteiger partial charge in [0.15, 0.2) is 6.10 Å². The fraction of sp³-hybridized carbons (Fsp3) is 0.259. The van der Waals surface area contributed by atoms with Gasteiger partial charge in [-0.2, -0.15) is 0 Å². The van der Waals surface area contributed by atoms with E-state index in [0.29, 0.717) is 19.6 Å². The summed E-state index contributed by atoms with van der Waals surface area (Å²) in [5, 5.41) is 12.4. The van der Waals surface area contributed by atoms with Gasteiger partial charge in [-0.3, -0.25) is 0 Å². The molecule has 0 saturated carbocycles. The van der Waals surface area contributed by atoms with E-state index in [4.69, 9.17) is 9.47 Å². The van der Waals surface area contributed by atoms with Crippen LogP contribution in [0.3, 0.4) is 0 Å². The lowest BCUT2D eigenvalue weighted by atomic mass is 10.1. The molecule has 0 bridgehead atoms. The predicted octanol–water partition coefficient (Wildman–Crippen LogP) is 6.77. The highest BCUT2D eigenvalue weighted by molar-refractivity contribution is 7.15. The number of nitrogens with zero attached hydrogens (tertiary/aromatic N) is 1. The summed E-state index contributed by atoms with van der Waals surface area (Å²) in [6, 6.07) is 18.3. The van der Waals surface area contributed by atoms with Crippen molar-refractivity contribution < 1.29 is 19.4 Å². The van der Waals surface area contributed by atoms with Crippen LogP contribution in [0.15, 0.2) is 60.0 Å². The molecule has 34 heavy (non-hydrogen) atoms. The Balaban J connectivity index is 1.38. The van der Waals surface area contributed by atoms with Crippen LogP contribution in [-0.4, -0.2) is 28.8 Å². The van der Waals surface area contributed by atoms with E-state index in [9.17, 15) is 9.90 Å². The van der Waals surface area contributed by atoms with Crippen LogP contribution in [0, 0.1) is 13.8 Å². The van der Waals surface area contributed by atoms with E-state index in [0.717, 1.165) is 27.6 Å². The number of aromatic nitrogens is 1. The zero-order valence-corrected chi connectivity index (χ0v) is 21.0. The van der Waals surface area contributed by atoms with Crippen molar-refractivity contribution in [2.24, 2.45) is 0 Å². The second-order valence-corrected chi connectivity index (χ2v) is 10.2. The number of carboxylic acids is 1. The lowest BCUT2D eigenvalue weighted by Gasteiger charge is -2.13. The minimum absolute atomic E-state index is 0.331. The lowest BCUT2D eigenvalue weighted by molar-refractivity contribution is -0.149. The van der Waals surface area contributed by atoms with Gasteiger partial charge in [0.25, 0.3) is 0 Å². The number of hydrogen-bond donors (Lipinski definition) is 1. The Bertz CT molecular complexity index is 1240. The number of carbonyl (C=O) groups is 1. The summed E-state index contributed by atoms with van der Waals surface area (Å²) in [5.74, 6) is -0.191. The molecule has 5 nitrogen and oxygen atoms in total. The van der Waals surface area contributed by atoms with E-state index in [1.807, 2.05) is 31.2 Å². The number of carboxylic acid groups (broad SMARTS) is 1. The van der Waals surface area contributed by atoms with Gasteiger partial charge >= 0.3 is 5.97 Å². The molecule has 2 heterocycles. The fourth-order valence-electron chi connectivity index (χ4n) is 3.61. The van der Waals surface area contributed by atoms with E-state index >= 15 is 0 Å². The maximum atomic E-state index is 11.3. The second-order valence-electron chi connectivity index (χ2n) is 7.96. The third kappa shape index (κ3) is 5.91. The Hall–Kier alpha value is -3.00. The Labute approximate surface area is 207 Å². The summed E-state index contributed by atoms with van der Waals surface area (Å²) in [6.45, 7) is 6.78. The minimum Gasteiger partial charge on any atom is -0.488 e. The first-order chi connectivity index (χ1) is 16.4. The number of aryl methyl sites for hydroxylation is 2. The molecule has 0 fully saturated rings. The van der Waals surface area contributed by atoms with E-state index in [-0.39, 0.29) is 0 Å². The van der Waals surface area contributed by atoms with Gasteiger partial charge in [-0.1, -0.05) is 36.4 Å². The molecule has 2 aromatic heterocycles. The van der Waals surface area contributed by atoms with Gasteiger partial charge in [0.1, 0.15) is 12.4 Å². The quantitative estimate of drug-likeness (QED) is 0.264. The second kappa shape index (κ2) is 11.0. The highest BCUT2D eigenvalue weighted by atomic mass is 32.1. The van der Waals surface area contributed by atoms with E-state index < -0.39 is 12.1 Å². The maximum absolute atomic E-state index is 11.3. The van der Waals surface area contributed by atoms with Crippen LogP contribution in [0.1, 0.15) is 27.9 Å². The number of benzene rings is 2. The summed E-state index contributed by atoms with van der Waals surface area (Å²) < 4.78 is 11.3. The summed E-state index contributed by atoms with van der Waals surface area (Å²) in [5.41, 5.74) is 5.44. The molecular formula is C27H27NO4S2. The molecular weight excluding hydrogens is 466 g/mol. The largest absolute Gasteiger partial charge is 0.488 e. The van der Waals surface area contributed by atoms with Gasteiger partial charge < -0.3 is 14.6 Å². The van der Waals surface area contributed by atoms with Gasteiger partial charge in [0.2, 0.25) is 0 Å². The average Bonchev–Trinajstić information content (AvgIpc) is 3.43. The van der Waals surface area contributed by atoms with E-state index in [2.05, 4.69) is 47.6 Å². The summed E-state index contributed by atoms with van der Waals surface area (Å²) in [7, 11) is 0. The molecule has 0 aliphatic rings. The van der Waals surface area contributed by atoms with Gasteiger partial charge in [-0.15, -0.1) is 22.7 Å². The predicted molar refractivity (Wildman–Crippen MR) is 138 cm³/mol. The summed E-state index contributed by atoms with van der Waals surface area (Å²) in [4.78, 5) is 18.2. The molecule has 0 radical (unpaired) electrons. The molecule has 0 saturated heterocycles. The number of rotatable bonds is 10. The molecule has 4 aromatic rings. The summed E-state index contributed by atoms with van der Waals surface area (Å²) >= 11 is 3.40. The highest BCUT2D eigenvalue weighted by Crippen LogP contribution is 2.33. The van der Waals surface area contributed by atoms with Crippen molar-refractivity contribution in [3.8, 4) is 27.4 Å². The van der Waals surface area contributed by atoms with E-state index in [1.165, 1.54) is 20.9 Å². The number of ether oxygens (including phenoxy) is 2. The maximum Gasteiger partial charge on any atom is 0.333 e. The molecule has 1 N–H and O–H groups in total. The van der Waals surface area contributed by atoms with Crippen LogP contribution >= 0.6 is 22.7 Å². The van der Waals surface area contributed by atoms with E-state index in [1.54, 1.807) is 29.6 Å². The third-order valence-electron chi connectivity index (χ3n) is 5.46. The first-order valence-corrected chi connectivity index (χ1v) is 12.8. The van der Waals surface area contributed by atoms with Gasteiger partial charge in [-0.25, -0.2) is 9.78 Å². The minimum atomic E-state index is -0.945. The van der Waals surface area contributed by atoms with Gasteiger partial charge in [0, 0.05) is 33.7 Å². The zero-order valence-electron chi connectivity index (χ0n) is 19.4. The number of thiazole rings is 1. The Morgan fingerprint density at radius 1 is 1.06 bits per heavy atom. The first-order valence-electron chi connectivity index (χ1n) is 11.1. The molecule has 1 unspecified atom stereocenters. The normalized spacial score (nSPS) is 12.0. The standard InChI is InChI=1S/C27H27NO4S2/c1-4-31-24(27(29)30)14-19-5-11-22(12-6-19)32-15-26-17(2)13-25(34-26)21-9-7-20(8-10-21)23-16-33-18(3)28-23/h5-13,16,24H,4,14-15H2,1-3H3,(H,29,30). The van der Waals surface area contributed by atoms with Crippen LogP contribution in [0.5, 0.6) is 5.75 Å². The molecule has 0 aliphatic heterocycles. The molecule has 0 aliphatic carbocycles. The average molecular weight is 494 g/mol. The Morgan fingerprint density at radius 2 is 1.76 bits per heavy atom. The third-order valence-corrected chi connectivity index (χ3v) is 7.50. The molecule has 7 heteroatoms. The molecule has 0 spiro atoms. The van der Waals surface area contributed by atoms with Crippen molar-refractivity contribution in [3.05, 3.63) is 81.0 Å². The van der Waals surface area contributed by atoms with Crippen molar-refractivity contribution in [2.45, 2.75) is 39.9 Å². The smallest absolute Gasteiger partial charge is 0.333 e. The molecule has 176 valence electrons. The molecule has 1 atom stereocenters. The Kier molecular flexibility index (Phi) is 7.77. The van der Waals surface area contributed by atoms with Crippen LogP contribution in [0.2, 0.25) is 0 Å². The first kappa shape index (κ1) is 24.1. The molecule has 4 rings (SSSR count). The SMILES string of the molecule is CCOC(Cc1ccc(OCc2sc(-c3ccc(-c4csc(C)n4)cc3)cc2C)cc1)C(=O)O. The van der Waals surface area contributed by atoms with Gasteiger partial charge in [-0.05, 0) is 55.7 Å². The number of aliphatic carboxylic acids is 1. The fourth-order valence-corrected chi connectivity index (χ4v) is 5.32. The Morgan fingerprint density at radius 3 is 2.38 bits per heavy atom. The van der Waals surface area contributed by atoms with Crippen LogP contribution in [0.25, 0.3) is 21.7 Å². The summed E-state index contributed by atoms with van der Waals surface area (Å²) in [6.07, 6.45) is -0.499. The van der Waals surface area contributed by atoms with Crippen molar-refractivity contribution in [1.29, 1.82) is 0 Å². The molecule has 2 aromatic carbocycles. The van der Waals surface area contributed by atoms with Crippen molar-refractivity contribution in [1.82, 2.24) is 4.98 Å². The van der Waals surface area contributed by atoms with Crippen LogP contribution in [-0.2, 0) is 22.6 Å². The number of thiophene rings is 1. The van der Waals surface area contributed by atoms with Crippen molar-refractivity contribution in [3.63, 3.8) is 0 Å². The topological polar surface area (TPSA) is 68.7 Å². The lowest BCUT2D eigenvalue weighted by Crippen LogP contribution is -2.26. The van der Waals surface area contributed by atoms with Gasteiger partial charge in [0.05, 0.1) is 10.7 Å². The van der Waals surface area contributed by atoms with Crippen LogP contribution in [0.4, 0.5) is 0 Å². The zero-order chi connectivity index (χ0) is 24.1. The monoisotopic (exact) mass is 493 g/mol.